The van der Waals surface area contributed by atoms with Crippen LogP contribution in [0.4, 0.5) is 0 Å². The summed E-state index contributed by atoms with van der Waals surface area (Å²) in [5.41, 5.74) is 1.04. The average Bonchev–Trinajstić information content (AvgIpc) is 3.09. The third-order valence-electron chi connectivity index (χ3n) is 4.85. The fourth-order valence-corrected chi connectivity index (χ4v) is 4.63. The van der Waals surface area contributed by atoms with Gasteiger partial charge in [-0.3, -0.25) is 0 Å². The van der Waals surface area contributed by atoms with Crippen LogP contribution in [0.5, 0.6) is 11.5 Å². The van der Waals surface area contributed by atoms with Crippen LogP contribution in [0.2, 0.25) is 0 Å². The van der Waals surface area contributed by atoms with Crippen molar-refractivity contribution in [1.29, 1.82) is 0 Å². The molecule has 2 aliphatic rings. The molecule has 2 fully saturated rings. The first-order chi connectivity index (χ1) is 10.2. The van der Waals surface area contributed by atoms with Crippen molar-refractivity contribution in [3.8, 4) is 11.5 Å². The molecule has 0 spiro atoms. The SMILES string of the molecule is CCOc1cc(CCl)cc(Br)c1OCC1CC2CCC1C2. The summed E-state index contributed by atoms with van der Waals surface area (Å²) in [6, 6.07) is 4.00. The zero-order valence-corrected chi connectivity index (χ0v) is 14.8. The van der Waals surface area contributed by atoms with Gasteiger partial charge in [0.25, 0.3) is 0 Å². The highest BCUT2D eigenvalue weighted by Gasteiger charge is 2.39. The van der Waals surface area contributed by atoms with Crippen LogP contribution in [0.1, 0.15) is 38.2 Å². The number of benzene rings is 1. The highest BCUT2D eigenvalue weighted by Crippen LogP contribution is 2.49. The molecule has 0 N–H and O–H groups in total. The molecule has 2 aliphatic carbocycles. The van der Waals surface area contributed by atoms with Gasteiger partial charge < -0.3 is 9.47 Å². The number of rotatable bonds is 6. The van der Waals surface area contributed by atoms with Crippen molar-refractivity contribution in [3.63, 3.8) is 0 Å². The molecule has 3 rings (SSSR count). The predicted octanol–water partition coefficient (Wildman–Crippen LogP) is 5.40. The van der Waals surface area contributed by atoms with Gasteiger partial charge >= 0.3 is 0 Å². The van der Waals surface area contributed by atoms with E-state index < -0.39 is 0 Å². The van der Waals surface area contributed by atoms with Crippen molar-refractivity contribution in [2.45, 2.75) is 38.5 Å². The van der Waals surface area contributed by atoms with Gasteiger partial charge in [0.2, 0.25) is 0 Å². The Balaban J connectivity index is 1.71. The quantitative estimate of drug-likeness (QED) is 0.621. The monoisotopic (exact) mass is 372 g/mol. The van der Waals surface area contributed by atoms with Crippen LogP contribution < -0.4 is 9.47 Å². The molecule has 4 heteroatoms. The van der Waals surface area contributed by atoms with Gasteiger partial charge in [0, 0.05) is 5.88 Å². The van der Waals surface area contributed by atoms with Gasteiger partial charge in [-0.2, -0.15) is 0 Å². The maximum absolute atomic E-state index is 6.14. The second-order valence-corrected chi connectivity index (χ2v) is 7.34. The summed E-state index contributed by atoms with van der Waals surface area (Å²) in [6.07, 6.45) is 5.58. The Hall–Kier alpha value is -0.410. The van der Waals surface area contributed by atoms with Crippen molar-refractivity contribution < 1.29 is 9.47 Å². The van der Waals surface area contributed by atoms with Crippen molar-refractivity contribution in [2.75, 3.05) is 13.2 Å². The zero-order chi connectivity index (χ0) is 14.8. The number of alkyl halides is 1. The molecule has 21 heavy (non-hydrogen) atoms. The molecule has 1 aromatic carbocycles. The van der Waals surface area contributed by atoms with Crippen LogP contribution in [0.3, 0.4) is 0 Å². The number of ether oxygens (including phenoxy) is 2. The molecular formula is C17H22BrClO2. The highest BCUT2D eigenvalue weighted by molar-refractivity contribution is 9.10. The number of hydrogen-bond acceptors (Lipinski definition) is 2. The van der Waals surface area contributed by atoms with Crippen molar-refractivity contribution in [1.82, 2.24) is 0 Å². The molecule has 2 bridgehead atoms. The molecule has 0 radical (unpaired) electrons. The maximum Gasteiger partial charge on any atom is 0.175 e. The van der Waals surface area contributed by atoms with Gasteiger partial charge in [0.15, 0.2) is 11.5 Å². The minimum absolute atomic E-state index is 0.478. The lowest BCUT2D eigenvalue weighted by Gasteiger charge is -2.23. The van der Waals surface area contributed by atoms with Crippen molar-refractivity contribution >= 4 is 27.5 Å². The standard InChI is InChI=1S/C17H22BrClO2/c1-2-20-16-8-12(9-19)7-15(18)17(16)21-10-14-6-11-3-4-13(14)5-11/h7-8,11,13-14H,2-6,9-10H2,1H3. The molecule has 2 nitrogen and oxygen atoms in total. The van der Waals surface area contributed by atoms with Gasteiger partial charge in [0.05, 0.1) is 17.7 Å². The van der Waals surface area contributed by atoms with Crippen LogP contribution in [0.25, 0.3) is 0 Å². The van der Waals surface area contributed by atoms with Gasteiger partial charge in [-0.1, -0.05) is 6.42 Å². The molecule has 0 aromatic heterocycles. The Kier molecular flexibility index (Phi) is 5.00. The Morgan fingerprint density at radius 1 is 1.24 bits per heavy atom. The van der Waals surface area contributed by atoms with E-state index in [0.717, 1.165) is 45.9 Å². The summed E-state index contributed by atoms with van der Waals surface area (Å²) in [4.78, 5) is 0. The van der Waals surface area contributed by atoms with E-state index >= 15 is 0 Å². The summed E-state index contributed by atoms with van der Waals surface area (Å²) in [6.45, 7) is 3.42. The fourth-order valence-electron chi connectivity index (χ4n) is 3.87. The summed E-state index contributed by atoms with van der Waals surface area (Å²) in [5, 5.41) is 0. The molecule has 0 aliphatic heterocycles. The molecule has 0 saturated heterocycles. The van der Waals surface area contributed by atoms with E-state index in [4.69, 9.17) is 21.1 Å². The number of halogens is 2. The summed E-state index contributed by atoms with van der Waals surface area (Å²) in [7, 11) is 0. The number of fused-ring (bicyclic) bond motifs is 2. The molecule has 116 valence electrons. The normalized spacial score (nSPS) is 27.1. The van der Waals surface area contributed by atoms with E-state index in [2.05, 4.69) is 15.9 Å². The van der Waals surface area contributed by atoms with E-state index in [1.54, 1.807) is 0 Å². The first-order valence-electron chi connectivity index (χ1n) is 7.85. The Bertz CT molecular complexity index is 506. The second-order valence-electron chi connectivity index (χ2n) is 6.22. The minimum Gasteiger partial charge on any atom is -0.490 e. The Morgan fingerprint density at radius 3 is 2.71 bits per heavy atom. The first kappa shape index (κ1) is 15.5. The van der Waals surface area contributed by atoms with Crippen molar-refractivity contribution in [3.05, 3.63) is 22.2 Å². The first-order valence-corrected chi connectivity index (χ1v) is 9.18. The minimum atomic E-state index is 0.478. The molecular weight excluding hydrogens is 352 g/mol. The van der Waals surface area contributed by atoms with Crippen molar-refractivity contribution in [2.24, 2.45) is 17.8 Å². The smallest absolute Gasteiger partial charge is 0.175 e. The lowest BCUT2D eigenvalue weighted by molar-refractivity contribution is 0.186. The fraction of sp³-hybridized carbons (Fsp3) is 0.647. The predicted molar refractivity (Wildman–Crippen MR) is 89.3 cm³/mol. The summed E-state index contributed by atoms with van der Waals surface area (Å²) >= 11 is 9.53. The average molecular weight is 374 g/mol. The van der Waals surface area contributed by atoms with Gasteiger partial charge in [-0.15, -0.1) is 11.6 Å². The number of hydrogen-bond donors (Lipinski definition) is 0. The Labute approximate surface area is 140 Å². The molecule has 0 heterocycles. The van der Waals surface area contributed by atoms with E-state index in [9.17, 15) is 0 Å². The third kappa shape index (κ3) is 3.34. The van der Waals surface area contributed by atoms with Crippen LogP contribution >= 0.6 is 27.5 Å². The van der Waals surface area contributed by atoms with Gasteiger partial charge in [0.1, 0.15) is 0 Å². The molecule has 0 amide bonds. The summed E-state index contributed by atoms with van der Waals surface area (Å²) in [5.74, 6) is 4.66. The van der Waals surface area contributed by atoms with E-state index in [-0.39, 0.29) is 0 Å². The highest BCUT2D eigenvalue weighted by atomic mass is 79.9. The van der Waals surface area contributed by atoms with Crippen LogP contribution in [-0.4, -0.2) is 13.2 Å². The lowest BCUT2D eigenvalue weighted by atomic mass is 9.89. The molecule has 1 aromatic rings. The maximum atomic E-state index is 6.14. The third-order valence-corrected chi connectivity index (χ3v) is 5.75. The van der Waals surface area contributed by atoms with Gasteiger partial charge in [-0.05, 0) is 77.6 Å². The second kappa shape index (κ2) is 6.78. The van der Waals surface area contributed by atoms with Crippen LogP contribution in [-0.2, 0) is 5.88 Å². The van der Waals surface area contributed by atoms with E-state index in [1.165, 1.54) is 25.7 Å². The Morgan fingerprint density at radius 2 is 2.10 bits per heavy atom. The molecule has 3 unspecified atom stereocenters. The van der Waals surface area contributed by atoms with Crippen LogP contribution in [0, 0.1) is 17.8 Å². The zero-order valence-electron chi connectivity index (χ0n) is 12.4. The lowest BCUT2D eigenvalue weighted by Crippen LogP contribution is -2.19. The van der Waals surface area contributed by atoms with E-state index in [0.29, 0.717) is 12.5 Å². The molecule has 3 atom stereocenters. The molecule has 2 saturated carbocycles. The largest absolute Gasteiger partial charge is 0.490 e. The van der Waals surface area contributed by atoms with Gasteiger partial charge in [-0.25, -0.2) is 0 Å². The van der Waals surface area contributed by atoms with E-state index in [1.807, 2.05) is 19.1 Å². The summed E-state index contributed by atoms with van der Waals surface area (Å²) < 4.78 is 12.8. The topological polar surface area (TPSA) is 18.5 Å². The van der Waals surface area contributed by atoms with Crippen LogP contribution in [0.15, 0.2) is 16.6 Å².